The number of benzene rings is 1. The van der Waals surface area contributed by atoms with Gasteiger partial charge in [-0.05, 0) is 42.5 Å². The van der Waals surface area contributed by atoms with Gasteiger partial charge >= 0.3 is 6.18 Å². The molecule has 0 fully saturated rings. The first kappa shape index (κ1) is 21.0. The highest BCUT2D eigenvalue weighted by Gasteiger charge is 2.34. The summed E-state index contributed by atoms with van der Waals surface area (Å²) in [6, 6.07) is 8.72. The van der Waals surface area contributed by atoms with E-state index in [1.165, 1.54) is 24.4 Å². The Kier molecular flexibility index (Phi) is 6.33. The number of halogens is 5. The van der Waals surface area contributed by atoms with Gasteiger partial charge in [-0.2, -0.15) is 13.2 Å². The molecule has 0 spiro atoms. The lowest BCUT2D eigenvalue weighted by molar-refractivity contribution is -0.141. The fourth-order valence-corrected chi connectivity index (χ4v) is 3.02. The van der Waals surface area contributed by atoms with Gasteiger partial charge in [0.2, 0.25) is 5.91 Å². The summed E-state index contributed by atoms with van der Waals surface area (Å²) in [4.78, 5) is 23.4. The molecule has 0 radical (unpaired) electrons. The average molecular weight is 443 g/mol. The van der Waals surface area contributed by atoms with Crippen LogP contribution in [0.2, 0.25) is 5.15 Å². The van der Waals surface area contributed by atoms with Gasteiger partial charge in [0.1, 0.15) is 11.5 Å². The molecule has 3 rings (SSSR count). The smallest absolute Gasteiger partial charge is 0.323 e. The third kappa shape index (κ3) is 5.64. The zero-order valence-corrected chi connectivity index (χ0v) is 15.9. The number of nitrogens with zero attached hydrogens (tertiary/aromatic N) is 3. The third-order valence-electron chi connectivity index (χ3n) is 3.50. The Labute approximate surface area is 171 Å². The first-order valence-electron chi connectivity index (χ1n) is 7.98. The highest BCUT2D eigenvalue weighted by Crippen LogP contribution is 2.32. The van der Waals surface area contributed by atoms with Crippen molar-refractivity contribution in [2.45, 2.75) is 11.3 Å². The molecule has 0 bridgehead atoms. The van der Waals surface area contributed by atoms with Crippen molar-refractivity contribution in [3.05, 3.63) is 65.3 Å². The second-order valence-corrected chi connectivity index (χ2v) is 6.90. The number of rotatable bonds is 5. The van der Waals surface area contributed by atoms with Crippen molar-refractivity contribution < 1.29 is 22.4 Å². The second kappa shape index (κ2) is 8.75. The lowest BCUT2D eigenvalue weighted by atomic mass is 10.1. The van der Waals surface area contributed by atoms with Crippen LogP contribution in [0, 0.1) is 5.82 Å². The molecule has 0 saturated heterocycles. The van der Waals surface area contributed by atoms with Crippen LogP contribution >= 0.6 is 23.4 Å². The van der Waals surface area contributed by atoms with E-state index in [0.717, 1.165) is 30.0 Å². The van der Waals surface area contributed by atoms with E-state index in [1.807, 2.05) is 0 Å². The number of amides is 1. The second-order valence-electron chi connectivity index (χ2n) is 5.60. The summed E-state index contributed by atoms with van der Waals surface area (Å²) in [6.07, 6.45) is -3.27. The Morgan fingerprint density at radius 1 is 1.14 bits per heavy atom. The molecular formula is C18H11ClF4N4OS. The number of hydrogen-bond donors (Lipinski definition) is 1. The highest BCUT2D eigenvalue weighted by molar-refractivity contribution is 7.99. The molecule has 29 heavy (non-hydrogen) atoms. The molecule has 0 unspecified atom stereocenters. The Balaban J connectivity index is 1.80. The van der Waals surface area contributed by atoms with Crippen LogP contribution < -0.4 is 5.32 Å². The van der Waals surface area contributed by atoms with E-state index in [4.69, 9.17) is 11.6 Å². The number of anilines is 1. The zero-order valence-electron chi connectivity index (χ0n) is 14.4. The quantitative estimate of drug-likeness (QED) is 0.258. The summed E-state index contributed by atoms with van der Waals surface area (Å²) in [7, 11) is 0. The fourth-order valence-electron chi connectivity index (χ4n) is 2.20. The summed E-state index contributed by atoms with van der Waals surface area (Å²) in [5.74, 6) is -1.30. The Hall–Kier alpha value is -2.72. The third-order valence-corrected chi connectivity index (χ3v) is 4.65. The molecule has 150 valence electrons. The Morgan fingerprint density at radius 2 is 1.86 bits per heavy atom. The van der Waals surface area contributed by atoms with Gasteiger partial charge in [-0.15, -0.1) is 0 Å². The molecule has 1 N–H and O–H groups in total. The highest BCUT2D eigenvalue weighted by atomic mass is 35.5. The van der Waals surface area contributed by atoms with Gasteiger partial charge in [0.25, 0.3) is 0 Å². The molecule has 0 atom stereocenters. The molecule has 11 heteroatoms. The van der Waals surface area contributed by atoms with Crippen molar-refractivity contribution in [1.29, 1.82) is 0 Å². The summed E-state index contributed by atoms with van der Waals surface area (Å²) in [5, 5.41) is 2.34. The van der Waals surface area contributed by atoms with Crippen molar-refractivity contribution >= 4 is 35.0 Å². The standard InChI is InChI=1S/C18H11ClF4N4OS/c19-16-12(2-1-7-24-16)25-15(28)9-29-17-26-13(8-14(27-17)18(21,22)23)10-3-5-11(20)6-4-10/h1-8H,9H2,(H,25,28). The van der Waals surface area contributed by atoms with Gasteiger partial charge in [0, 0.05) is 11.8 Å². The van der Waals surface area contributed by atoms with Crippen molar-refractivity contribution in [1.82, 2.24) is 15.0 Å². The lowest BCUT2D eigenvalue weighted by Crippen LogP contribution is -2.15. The van der Waals surface area contributed by atoms with Gasteiger partial charge in [0.15, 0.2) is 10.3 Å². The van der Waals surface area contributed by atoms with Gasteiger partial charge in [-0.3, -0.25) is 4.79 Å². The normalized spacial score (nSPS) is 11.3. The van der Waals surface area contributed by atoms with Crippen molar-refractivity contribution in [2.24, 2.45) is 0 Å². The number of carbonyl (C=O) groups excluding carboxylic acids is 1. The molecule has 0 saturated carbocycles. The van der Waals surface area contributed by atoms with Crippen molar-refractivity contribution in [2.75, 3.05) is 11.1 Å². The van der Waals surface area contributed by atoms with Crippen LogP contribution in [0.3, 0.4) is 0 Å². The van der Waals surface area contributed by atoms with Crippen LogP contribution in [-0.4, -0.2) is 26.6 Å². The maximum atomic E-state index is 13.2. The number of nitrogens with one attached hydrogen (secondary N) is 1. The molecule has 2 heterocycles. The van der Waals surface area contributed by atoms with E-state index in [-0.39, 0.29) is 33.0 Å². The van der Waals surface area contributed by atoms with Crippen LogP contribution in [0.1, 0.15) is 5.69 Å². The van der Waals surface area contributed by atoms with Gasteiger partial charge < -0.3 is 5.32 Å². The molecule has 1 aromatic carbocycles. The molecule has 5 nitrogen and oxygen atoms in total. The summed E-state index contributed by atoms with van der Waals surface area (Å²) >= 11 is 6.57. The molecule has 1 amide bonds. The molecule has 3 aromatic rings. The molecule has 2 aromatic heterocycles. The zero-order chi connectivity index (χ0) is 21.0. The number of carbonyl (C=O) groups is 1. The minimum absolute atomic E-state index is 0.0365. The summed E-state index contributed by atoms with van der Waals surface area (Å²) in [5.41, 5.74) is -0.639. The number of hydrogen-bond acceptors (Lipinski definition) is 5. The van der Waals surface area contributed by atoms with Gasteiger partial charge in [0.05, 0.1) is 17.1 Å². The van der Waals surface area contributed by atoms with Crippen LogP contribution in [-0.2, 0) is 11.0 Å². The maximum Gasteiger partial charge on any atom is 0.433 e. The Bertz CT molecular complexity index is 1030. The minimum atomic E-state index is -4.71. The predicted octanol–water partition coefficient (Wildman–Crippen LogP) is 5.08. The number of alkyl halides is 3. The summed E-state index contributed by atoms with van der Waals surface area (Å²) < 4.78 is 52.7. The monoisotopic (exact) mass is 442 g/mol. The maximum absolute atomic E-state index is 13.2. The number of aromatic nitrogens is 3. The van der Waals surface area contributed by atoms with E-state index >= 15 is 0 Å². The first-order chi connectivity index (χ1) is 13.7. The van der Waals surface area contributed by atoms with E-state index < -0.39 is 23.6 Å². The number of thioether (sulfide) groups is 1. The molecule has 0 aliphatic rings. The van der Waals surface area contributed by atoms with Gasteiger partial charge in [-0.1, -0.05) is 23.4 Å². The Morgan fingerprint density at radius 3 is 2.52 bits per heavy atom. The van der Waals surface area contributed by atoms with Crippen molar-refractivity contribution in [3.8, 4) is 11.3 Å². The SMILES string of the molecule is O=C(CSc1nc(-c2ccc(F)cc2)cc(C(F)(F)F)n1)Nc1cccnc1Cl. The average Bonchev–Trinajstić information content (AvgIpc) is 2.68. The molecule has 0 aliphatic carbocycles. The van der Waals surface area contributed by atoms with E-state index in [0.29, 0.717) is 0 Å². The minimum Gasteiger partial charge on any atom is -0.323 e. The molecular weight excluding hydrogens is 432 g/mol. The van der Waals surface area contributed by atoms with Crippen LogP contribution in [0.15, 0.2) is 53.8 Å². The van der Waals surface area contributed by atoms with Crippen molar-refractivity contribution in [3.63, 3.8) is 0 Å². The number of pyridine rings is 1. The lowest BCUT2D eigenvalue weighted by Gasteiger charge is -2.11. The van der Waals surface area contributed by atoms with E-state index in [9.17, 15) is 22.4 Å². The van der Waals surface area contributed by atoms with Crippen LogP contribution in [0.4, 0.5) is 23.2 Å². The summed E-state index contributed by atoms with van der Waals surface area (Å²) in [6.45, 7) is 0. The van der Waals surface area contributed by atoms with Gasteiger partial charge in [-0.25, -0.2) is 19.3 Å². The molecule has 0 aliphatic heterocycles. The fraction of sp³-hybridized carbons (Fsp3) is 0.111. The van der Waals surface area contributed by atoms with E-state index in [2.05, 4.69) is 20.3 Å². The van der Waals surface area contributed by atoms with E-state index in [1.54, 1.807) is 6.07 Å². The van der Waals surface area contributed by atoms with Crippen LogP contribution in [0.25, 0.3) is 11.3 Å². The van der Waals surface area contributed by atoms with Crippen LogP contribution in [0.5, 0.6) is 0 Å². The topological polar surface area (TPSA) is 67.8 Å². The first-order valence-corrected chi connectivity index (χ1v) is 9.34. The largest absolute Gasteiger partial charge is 0.433 e. The predicted molar refractivity (Wildman–Crippen MR) is 101 cm³/mol.